The molecule has 0 spiro atoms. The zero-order valence-corrected chi connectivity index (χ0v) is 15.4. The van der Waals surface area contributed by atoms with Crippen LogP contribution in [0.25, 0.3) is 17.4 Å². The predicted octanol–water partition coefficient (Wildman–Crippen LogP) is 4.55. The third-order valence-electron chi connectivity index (χ3n) is 3.78. The highest BCUT2D eigenvalue weighted by Crippen LogP contribution is 2.34. The van der Waals surface area contributed by atoms with E-state index in [-0.39, 0.29) is 11.6 Å². The number of thioether (sulfide) groups is 1. The van der Waals surface area contributed by atoms with E-state index < -0.39 is 4.92 Å². The Balaban J connectivity index is 1.91. The molecule has 1 aromatic carbocycles. The third kappa shape index (κ3) is 3.47. The molecule has 1 aromatic heterocycles. The van der Waals surface area contributed by atoms with Crippen LogP contribution < -0.4 is 0 Å². The van der Waals surface area contributed by atoms with Crippen molar-refractivity contribution in [2.75, 3.05) is 6.54 Å². The monoisotopic (exact) mass is 386 g/mol. The lowest BCUT2D eigenvalue weighted by Crippen LogP contribution is -2.27. The summed E-state index contributed by atoms with van der Waals surface area (Å²) < 4.78 is 6.25. The van der Waals surface area contributed by atoms with Gasteiger partial charge in [-0.2, -0.15) is 0 Å². The summed E-state index contributed by atoms with van der Waals surface area (Å²) in [5.74, 6) is 0.786. The smallest absolute Gasteiger partial charge is 0.270 e. The van der Waals surface area contributed by atoms with E-state index in [9.17, 15) is 14.9 Å². The highest BCUT2D eigenvalue weighted by molar-refractivity contribution is 8.26. The third-order valence-corrected chi connectivity index (χ3v) is 5.16. The lowest BCUT2D eigenvalue weighted by Gasteiger charge is -2.10. The number of amides is 1. The van der Waals surface area contributed by atoms with Crippen LogP contribution in [-0.2, 0) is 4.79 Å². The minimum absolute atomic E-state index is 0.00570. The van der Waals surface area contributed by atoms with Gasteiger partial charge >= 0.3 is 0 Å². The quantitative estimate of drug-likeness (QED) is 0.247. The summed E-state index contributed by atoms with van der Waals surface area (Å²) in [6.07, 6.45) is 3.24. The fraction of sp³-hybridized carbons (Fsp3) is 0.111. The zero-order valence-electron chi connectivity index (χ0n) is 13.8. The van der Waals surface area contributed by atoms with Gasteiger partial charge in [-0.15, -0.1) is 6.58 Å². The molecule has 0 atom stereocenters. The van der Waals surface area contributed by atoms with Gasteiger partial charge in [0.15, 0.2) is 0 Å². The van der Waals surface area contributed by atoms with E-state index in [1.54, 1.807) is 30.4 Å². The van der Waals surface area contributed by atoms with E-state index in [1.807, 2.05) is 6.92 Å². The van der Waals surface area contributed by atoms with Gasteiger partial charge in [0.1, 0.15) is 15.8 Å². The van der Waals surface area contributed by atoms with Crippen LogP contribution in [0.3, 0.4) is 0 Å². The number of carbonyl (C=O) groups is 1. The standard InChI is InChI=1S/C18H14N2O4S2/c1-3-8-19-17(21)16(26-18(19)25)10-13-6-7-15(24-13)14-9-12(20(22)23)5-4-11(14)2/h3-7,9-10H,1,8H2,2H3/b16-10-. The average Bonchev–Trinajstić information content (AvgIpc) is 3.16. The molecular weight excluding hydrogens is 372 g/mol. The van der Waals surface area contributed by atoms with Crippen LogP contribution >= 0.6 is 24.0 Å². The van der Waals surface area contributed by atoms with Crippen molar-refractivity contribution in [3.63, 3.8) is 0 Å². The van der Waals surface area contributed by atoms with Crippen LogP contribution in [0.5, 0.6) is 0 Å². The summed E-state index contributed by atoms with van der Waals surface area (Å²) in [4.78, 5) is 24.8. The number of nitro benzene ring substituents is 1. The zero-order chi connectivity index (χ0) is 18.8. The fourth-order valence-corrected chi connectivity index (χ4v) is 3.74. The van der Waals surface area contributed by atoms with Crippen molar-refractivity contribution >= 4 is 46.0 Å². The van der Waals surface area contributed by atoms with Crippen LogP contribution in [0, 0.1) is 17.0 Å². The minimum Gasteiger partial charge on any atom is -0.457 e. The lowest BCUT2D eigenvalue weighted by molar-refractivity contribution is -0.384. The number of thiocarbonyl (C=S) groups is 1. The second kappa shape index (κ2) is 7.27. The van der Waals surface area contributed by atoms with Crippen molar-refractivity contribution in [3.8, 4) is 11.3 Å². The summed E-state index contributed by atoms with van der Waals surface area (Å²) in [6.45, 7) is 5.83. The molecule has 1 aliphatic rings. The molecule has 6 nitrogen and oxygen atoms in total. The molecule has 0 bridgehead atoms. The molecule has 0 aliphatic carbocycles. The molecule has 2 heterocycles. The number of aryl methyl sites for hydroxylation is 1. The van der Waals surface area contributed by atoms with Crippen molar-refractivity contribution in [1.82, 2.24) is 4.90 Å². The largest absolute Gasteiger partial charge is 0.457 e. The number of non-ortho nitro benzene ring substituents is 1. The van der Waals surface area contributed by atoms with Crippen LogP contribution in [0.15, 0.2) is 52.3 Å². The fourth-order valence-electron chi connectivity index (χ4n) is 2.48. The first-order valence-corrected chi connectivity index (χ1v) is 8.84. The Morgan fingerprint density at radius 1 is 1.38 bits per heavy atom. The normalized spacial score (nSPS) is 15.7. The maximum atomic E-state index is 12.3. The number of benzene rings is 1. The molecule has 26 heavy (non-hydrogen) atoms. The van der Waals surface area contributed by atoms with Gasteiger partial charge in [-0.25, -0.2) is 0 Å². The molecule has 8 heteroatoms. The van der Waals surface area contributed by atoms with E-state index in [1.165, 1.54) is 28.8 Å². The molecule has 0 unspecified atom stereocenters. The molecule has 1 aliphatic heterocycles. The maximum Gasteiger partial charge on any atom is 0.270 e. The van der Waals surface area contributed by atoms with Crippen molar-refractivity contribution in [2.24, 2.45) is 0 Å². The molecule has 0 N–H and O–H groups in total. The first-order chi connectivity index (χ1) is 12.4. The maximum absolute atomic E-state index is 12.3. The minimum atomic E-state index is -0.447. The first kappa shape index (κ1) is 18.1. The van der Waals surface area contributed by atoms with Crippen molar-refractivity contribution in [2.45, 2.75) is 6.92 Å². The molecule has 1 fully saturated rings. The van der Waals surface area contributed by atoms with Crippen LogP contribution in [0.1, 0.15) is 11.3 Å². The molecule has 2 aromatic rings. The molecule has 132 valence electrons. The van der Waals surface area contributed by atoms with Gasteiger partial charge < -0.3 is 4.42 Å². The Labute approximate surface area is 159 Å². The van der Waals surface area contributed by atoms with Crippen molar-refractivity contribution in [1.29, 1.82) is 0 Å². The predicted molar refractivity (Wildman–Crippen MR) is 106 cm³/mol. The number of rotatable bonds is 5. The summed E-state index contributed by atoms with van der Waals surface area (Å²) in [5.41, 5.74) is 1.49. The van der Waals surface area contributed by atoms with E-state index in [0.29, 0.717) is 32.9 Å². The Hall–Kier alpha value is -2.71. The molecule has 0 saturated carbocycles. The average molecular weight is 386 g/mol. The Kier molecular flexibility index (Phi) is 5.06. The van der Waals surface area contributed by atoms with Crippen molar-refractivity contribution < 1.29 is 14.1 Å². The first-order valence-electron chi connectivity index (χ1n) is 7.62. The van der Waals surface area contributed by atoms with Crippen LogP contribution in [0.2, 0.25) is 0 Å². The summed E-state index contributed by atoms with van der Waals surface area (Å²) in [6, 6.07) is 8.04. The van der Waals surface area contributed by atoms with Gasteiger partial charge in [-0.1, -0.05) is 36.1 Å². The highest BCUT2D eigenvalue weighted by atomic mass is 32.2. The highest BCUT2D eigenvalue weighted by Gasteiger charge is 2.31. The second-order valence-corrected chi connectivity index (χ2v) is 7.22. The summed E-state index contributed by atoms with van der Waals surface area (Å²) in [5, 5.41) is 11.0. The molecular formula is C18H14N2O4S2. The van der Waals surface area contributed by atoms with Gasteiger partial charge in [-0.3, -0.25) is 19.8 Å². The molecule has 3 rings (SSSR count). The second-order valence-electron chi connectivity index (χ2n) is 5.54. The van der Waals surface area contributed by atoms with Gasteiger partial charge in [-0.05, 0) is 24.6 Å². The molecule has 0 radical (unpaired) electrons. The number of furan rings is 1. The van der Waals surface area contributed by atoms with E-state index in [2.05, 4.69) is 6.58 Å². The van der Waals surface area contributed by atoms with Crippen LogP contribution in [0.4, 0.5) is 5.69 Å². The Bertz CT molecular complexity index is 962. The van der Waals surface area contributed by atoms with E-state index in [4.69, 9.17) is 16.6 Å². The van der Waals surface area contributed by atoms with E-state index >= 15 is 0 Å². The van der Waals surface area contributed by atoms with Gasteiger partial charge in [0, 0.05) is 30.3 Å². The molecule has 1 amide bonds. The Morgan fingerprint density at radius 3 is 2.85 bits per heavy atom. The summed E-state index contributed by atoms with van der Waals surface area (Å²) >= 11 is 6.40. The number of nitrogens with zero attached hydrogens (tertiary/aromatic N) is 2. The van der Waals surface area contributed by atoms with Crippen molar-refractivity contribution in [3.05, 3.63) is 69.3 Å². The van der Waals surface area contributed by atoms with Gasteiger partial charge in [0.25, 0.3) is 11.6 Å². The van der Waals surface area contributed by atoms with E-state index in [0.717, 1.165) is 5.56 Å². The number of nitro groups is 1. The molecule has 1 saturated heterocycles. The number of hydrogen-bond donors (Lipinski definition) is 0. The summed E-state index contributed by atoms with van der Waals surface area (Å²) in [7, 11) is 0. The van der Waals surface area contributed by atoms with Crippen LogP contribution in [-0.4, -0.2) is 26.6 Å². The number of carbonyl (C=O) groups excluding carboxylic acids is 1. The Morgan fingerprint density at radius 2 is 2.15 bits per heavy atom. The lowest BCUT2D eigenvalue weighted by atomic mass is 10.1. The van der Waals surface area contributed by atoms with Gasteiger partial charge in [0.2, 0.25) is 0 Å². The topological polar surface area (TPSA) is 76.6 Å². The SMILES string of the molecule is C=CCN1C(=O)/C(=C/c2ccc(-c3cc([N+](=O)[O-])ccc3C)o2)SC1=S. The van der Waals surface area contributed by atoms with Gasteiger partial charge in [0.05, 0.1) is 9.83 Å². The number of hydrogen-bond acceptors (Lipinski definition) is 6.